The third-order valence-corrected chi connectivity index (χ3v) is 8.05. The molecule has 218 valence electrons. The molecule has 0 atom stereocenters. The Balaban J connectivity index is 1.76. The highest BCUT2D eigenvalue weighted by Crippen LogP contribution is 2.23. The van der Waals surface area contributed by atoms with Gasteiger partial charge in [-0.2, -0.15) is 4.31 Å². The number of nitrogens with zero attached hydrogens (tertiary/aromatic N) is 4. The van der Waals surface area contributed by atoms with Crippen molar-refractivity contribution in [1.82, 2.24) is 14.3 Å². The number of rotatable bonds is 16. The highest BCUT2D eigenvalue weighted by molar-refractivity contribution is 7.89. The van der Waals surface area contributed by atoms with Crippen LogP contribution in [-0.4, -0.2) is 59.0 Å². The first-order valence-corrected chi connectivity index (χ1v) is 14.7. The van der Waals surface area contributed by atoms with E-state index in [2.05, 4.69) is 15.3 Å². The molecule has 11 nitrogen and oxygen atoms in total. The Morgan fingerprint density at radius 1 is 0.951 bits per heavy atom. The predicted octanol–water partition coefficient (Wildman–Crippen LogP) is 3.87. The predicted molar refractivity (Wildman–Crippen MR) is 155 cm³/mol. The van der Waals surface area contributed by atoms with Gasteiger partial charge in [-0.05, 0) is 54.8 Å². The first-order chi connectivity index (χ1) is 19.6. The molecule has 0 aliphatic rings. The lowest BCUT2D eigenvalue weighted by atomic mass is 10.1. The number of sulfonamides is 1. The van der Waals surface area contributed by atoms with Gasteiger partial charge in [0, 0.05) is 50.9 Å². The number of anilines is 2. The van der Waals surface area contributed by atoms with E-state index in [0.29, 0.717) is 42.0 Å². The maximum absolute atomic E-state index is 13.6. The second-order valence-corrected chi connectivity index (χ2v) is 11.4. The molecule has 0 fully saturated rings. The molecule has 12 heteroatoms. The van der Waals surface area contributed by atoms with Gasteiger partial charge in [0.1, 0.15) is 23.0 Å². The summed E-state index contributed by atoms with van der Waals surface area (Å²) in [5.41, 5.74) is 1.76. The highest BCUT2D eigenvalue weighted by Gasteiger charge is 2.26. The van der Waals surface area contributed by atoms with Crippen LogP contribution < -0.4 is 10.2 Å². The monoisotopic (exact) mass is 581 g/mol. The van der Waals surface area contributed by atoms with Crippen LogP contribution in [0.15, 0.2) is 71.9 Å². The summed E-state index contributed by atoms with van der Waals surface area (Å²) in [6.07, 6.45) is 5.25. The van der Waals surface area contributed by atoms with Crippen LogP contribution in [0.2, 0.25) is 0 Å². The summed E-state index contributed by atoms with van der Waals surface area (Å²) in [5, 5.41) is 11.6. The summed E-state index contributed by atoms with van der Waals surface area (Å²) in [4.78, 5) is 45.1. The Hall–Kier alpha value is -4.16. The van der Waals surface area contributed by atoms with Crippen molar-refractivity contribution >= 4 is 39.2 Å². The number of hydrogen-bond acceptors (Lipinski definition) is 8. The van der Waals surface area contributed by atoms with Gasteiger partial charge in [-0.25, -0.2) is 13.4 Å². The van der Waals surface area contributed by atoms with Crippen LogP contribution >= 0.6 is 0 Å². The average Bonchev–Trinajstić information content (AvgIpc) is 2.96. The number of hydrogen-bond donors (Lipinski definition) is 2. The Morgan fingerprint density at radius 2 is 1.71 bits per heavy atom. The molecule has 0 saturated heterocycles. The Labute approximate surface area is 240 Å². The number of carbonyl (C=O) groups is 3. The van der Waals surface area contributed by atoms with E-state index in [1.807, 2.05) is 6.92 Å². The Morgan fingerprint density at radius 3 is 2.37 bits per heavy atom. The zero-order valence-corrected chi connectivity index (χ0v) is 24.0. The second-order valence-electron chi connectivity index (χ2n) is 9.48. The lowest BCUT2D eigenvalue weighted by Gasteiger charge is -2.23. The summed E-state index contributed by atoms with van der Waals surface area (Å²) >= 11 is 0. The molecule has 1 aromatic carbocycles. The van der Waals surface area contributed by atoms with Crippen LogP contribution in [0.5, 0.6) is 0 Å². The summed E-state index contributed by atoms with van der Waals surface area (Å²) in [7, 11) is -2.31. The fourth-order valence-electron chi connectivity index (χ4n) is 4.07. The van der Waals surface area contributed by atoms with Crippen molar-refractivity contribution in [2.45, 2.75) is 57.0 Å². The summed E-state index contributed by atoms with van der Waals surface area (Å²) in [6.45, 7) is 1.57. The van der Waals surface area contributed by atoms with Crippen LogP contribution in [0.4, 0.5) is 11.5 Å². The SMILES string of the molecule is CCCC(=O)CCCC(=O)N(C)c1ccc(CN(Cc2cccc(NCC(=O)O)n2)S(=O)(=O)c2cccnc2)cc1. The minimum atomic E-state index is -3.97. The largest absolute Gasteiger partial charge is 0.480 e. The van der Waals surface area contributed by atoms with Gasteiger partial charge >= 0.3 is 5.97 Å². The quantitative estimate of drug-likeness (QED) is 0.257. The number of aromatic nitrogens is 2. The highest BCUT2D eigenvalue weighted by atomic mass is 32.2. The molecule has 0 radical (unpaired) electrons. The van der Waals surface area contributed by atoms with Gasteiger partial charge in [0.2, 0.25) is 15.9 Å². The zero-order chi connectivity index (χ0) is 29.8. The number of amides is 1. The van der Waals surface area contributed by atoms with Gasteiger partial charge in [0.25, 0.3) is 0 Å². The van der Waals surface area contributed by atoms with Crippen LogP contribution in [0.1, 0.15) is 50.3 Å². The van der Waals surface area contributed by atoms with Gasteiger partial charge < -0.3 is 15.3 Å². The van der Waals surface area contributed by atoms with Gasteiger partial charge in [-0.3, -0.25) is 19.4 Å². The maximum atomic E-state index is 13.6. The number of pyridine rings is 2. The van der Waals surface area contributed by atoms with Crippen molar-refractivity contribution in [1.29, 1.82) is 0 Å². The maximum Gasteiger partial charge on any atom is 0.322 e. The van der Waals surface area contributed by atoms with Gasteiger partial charge in [-0.15, -0.1) is 0 Å². The molecule has 2 N–H and O–H groups in total. The minimum absolute atomic E-state index is 0.0170. The van der Waals surface area contributed by atoms with Gasteiger partial charge in [0.15, 0.2) is 0 Å². The molecule has 41 heavy (non-hydrogen) atoms. The third kappa shape index (κ3) is 9.47. The lowest BCUT2D eigenvalue weighted by molar-refractivity contribution is -0.135. The molecule has 3 rings (SSSR count). The number of aliphatic carboxylic acids is 1. The van der Waals surface area contributed by atoms with Crippen LogP contribution in [-0.2, 0) is 37.5 Å². The number of benzene rings is 1. The number of carboxylic acid groups (broad SMARTS) is 1. The van der Waals surface area contributed by atoms with Crippen molar-refractivity contribution in [3.8, 4) is 0 Å². The smallest absolute Gasteiger partial charge is 0.322 e. The number of carbonyl (C=O) groups excluding carboxylic acids is 2. The van der Waals surface area contributed by atoms with E-state index in [0.717, 1.165) is 6.42 Å². The molecule has 0 aliphatic heterocycles. The fraction of sp³-hybridized carbons (Fsp3) is 0.345. The molecule has 2 aromatic heterocycles. The summed E-state index contributed by atoms with van der Waals surface area (Å²) in [6, 6.07) is 15.0. The molecule has 0 aliphatic carbocycles. The molecular weight excluding hydrogens is 546 g/mol. The molecule has 1 amide bonds. The molecule has 0 bridgehead atoms. The van der Waals surface area contributed by atoms with E-state index in [4.69, 9.17) is 5.11 Å². The molecular formula is C29H35N5O6S. The average molecular weight is 582 g/mol. The number of nitrogens with one attached hydrogen (secondary N) is 1. The molecule has 0 unspecified atom stereocenters. The standard InChI is InChI=1S/C29H35N5O6S/c1-3-7-25(35)9-5-12-28(36)33(2)24-15-13-22(14-16-24)20-34(41(39,40)26-10-6-17-30-18-26)21-23-8-4-11-27(32-23)31-19-29(37)38/h4,6,8,10-11,13-18H,3,5,7,9,12,19-21H2,1-2H3,(H,31,32)(H,37,38). The van der Waals surface area contributed by atoms with E-state index in [1.54, 1.807) is 55.6 Å². The van der Waals surface area contributed by atoms with Crippen LogP contribution in [0, 0.1) is 0 Å². The third-order valence-electron chi connectivity index (χ3n) is 6.27. The number of Topliss-reactive ketones (excluding diaryl/α,β-unsaturated/α-hetero) is 1. The van der Waals surface area contributed by atoms with E-state index in [9.17, 15) is 22.8 Å². The van der Waals surface area contributed by atoms with Gasteiger partial charge in [-0.1, -0.05) is 25.1 Å². The van der Waals surface area contributed by atoms with Crippen LogP contribution in [0.3, 0.4) is 0 Å². The number of carboxylic acids is 1. The second kappa shape index (κ2) is 15.0. The Kier molecular flexibility index (Phi) is 11.5. The van der Waals surface area contributed by atoms with E-state index >= 15 is 0 Å². The van der Waals surface area contributed by atoms with Crippen molar-refractivity contribution in [2.75, 3.05) is 23.8 Å². The van der Waals surface area contributed by atoms with Crippen LogP contribution in [0.25, 0.3) is 0 Å². The van der Waals surface area contributed by atoms with E-state index in [-0.39, 0.29) is 42.6 Å². The van der Waals surface area contributed by atoms with Crippen molar-refractivity contribution in [2.24, 2.45) is 0 Å². The van der Waals surface area contributed by atoms with Crippen molar-refractivity contribution in [3.05, 3.63) is 78.2 Å². The van der Waals surface area contributed by atoms with Crippen molar-refractivity contribution < 1.29 is 27.9 Å². The van der Waals surface area contributed by atoms with Crippen molar-refractivity contribution in [3.63, 3.8) is 0 Å². The van der Waals surface area contributed by atoms with Gasteiger partial charge in [0.05, 0.1) is 12.2 Å². The summed E-state index contributed by atoms with van der Waals surface area (Å²) < 4.78 is 28.4. The summed E-state index contributed by atoms with van der Waals surface area (Å²) in [5.74, 6) is -0.673. The molecule has 2 heterocycles. The Bertz CT molecular complexity index is 1430. The van der Waals surface area contributed by atoms with E-state index < -0.39 is 16.0 Å². The first-order valence-electron chi connectivity index (χ1n) is 13.3. The zero-order valence-electron chi connectivity index (χ0n) is 23.2. The fourth-order valence-corrected chi connectivity index (χ4v) is 5.43. The van der Waals surface area contributed by atoms with E-state index in [1.165, 1.54) is 27.7 Å². The molecule has 0 spiro atoms. The molecule has 0 saturated carbocycles. The minimum Gasteiger partial charge on any atom is -0.480 e. The molecule has 3 aromatic rings. The topological polar surface area (TPSA) is 150 Å². The normalized spacial score (nSPS) is 11.3. The number of ketones is 1. The first kappa shape index (κ1) is 31.4. The lowest BCUT2D eigenvalue weighted by Crippen LogP contribution is -2.31.